The van der Waals surface area contributed by atoms with Gasteiger partial charge in [-0.2, -0.15) is 13.2 Å². The van der Waals surface area contributed by atoms with Crippen LogP contribution < -0.4 is 0 Å². The topological polar surface area (TPSA) is 42.9 Å². The maximum absolute atomic E-state index is 14.5. The summed E-state index contributed by atoms with van der Waals surface area (Å²) < 4.78 is 53.3. The van der Waals surface area contributed by atoms with Gasteiger partial charge in [0.05, 0.1) is 16.8 Å². The highest BCUT2D eigenvalue weighted by Crippen LogP contribution is 2.34. The summed E-state index contributed by atoms with van der Waals surface area (Å²) in [5, 5.41) is 0.870. The summed E-state index contributed by atoms with van der Waals surface area (Å²) >= 11 is 0. The Kier molecular flexibility index (Phi) is 5.50. The van der Waals surface area contributed by atoms with Crippen LogP contribution >= 0.6 is 0 Å². The molecule has 31 heavy (non-hydrogen) atoms. The molecule has 0 N–H and O–H groups in total. The molecular weight excluding hydrogens is 408 g/mol. The molecule has 4 rings (SSSR count). The van der Waals surface area contributed by atoms with Gasteiger partial charge >= 0.3 is 6.18 Å². The van der Waals surface area contributed by atoms with E-state index in [0.717, 1.165) is 17.5 Å². The zero-order valence-electron chi connectivity index (χ0n) is 16.1. The molecule has 0 saturated carbocycles. The Morgan fingerprint density at radius 2 is 1.61 bits per heavy atom. The van der Waals surface area contributed by atoms with Crippen molar-refractivity contribution in [2.24, 2.45) is 0 Å². The Labute approximate surface area is 175 Å². The molecule has 2 aromatic heterocycles. The summed E-state index contributed by atoms with van der Waals surface area (Å²) in [5.41, 5.74) is 0.596. The SMILES string of the molecule is O=C(CC(c1ccc(C(F)(F)F)cc1)c1ncccc1F)c1ccc2cccnc2c1. The van der Waals surface area contributed by atoms with Gasteiger partial charge in [0, 0.05) is 35.7 Å². The molecule has 0 radical (unpaired) electrons. The summed E-state index contributed by atoms with van der Waals surface area (Å²) in [6, 6.07) is 15.7. The quantitative estimate of drug-likeness (QED) is 0.283. The first-order chi connectivity index (χ1) is 14.8. The van der Waals surface area contributed by atoms with Crippen molar-refractivity contribution in [3.63, 3.8) is 0 Å². The summed E-state index contributed by atoms with van der Waals surface area (Å²) in [4.78, 5) is 21.3. The number of hydrogen-bond acceptors (Lipinski definition) is 3. The van der Waals surface area contributed by atoms with Gasteiger partial charge in [0.1, 0.15) is 5.82 Å². The molecule has 0 aliphatic rings. The van der Waals surface area contributed by atoms with Crippen LogP contribution in [0, 0.1) is 5.82 Å². The fraction of sp³-hybridized carbons (Fsp3) is 0.125. The molecule has 3 nitrogen and oxygen atoms in total. The van der Waals surface area contributed by atoms with Crippen molar-refractivity contribution in [2.45, 2.75) is 18.5 Å². The van der Waals surface area contributed by atoms with Gasteiger partial charge in [0.25, 0.3) is 0 Å². The Balaban J connectivity index is 1.70. The number of rotatable bonds is 5. The Bertz CT molecular complexity index is 1240. The third-order valence-corrected chi connectivity index (χ3v) is 5.07. The fourth-order valence-corrected chi connectivity index (χ4v) is 3.47. The van der Waals surface area contributed by atoms with Crippen LogP contribution in [0.4, 0.5) is 17.6 Å². The summed E-state index contributed by atoms with van der Waals surface area (Å²) in [6.07, 6.45) is -1.64. The first-order valence-corrected chi connectivity index (χ1v) is 9.48. The van der Waals surface area contributed by atoms with Gasteiger partial charge in [0.2, 0.25) is 0 Å². The summed E-state index contributed by atoms with van der Waals surface area (Å²) in [7, 11) is 0. The molecular formula is C24H16F4N2O. The lowest BCUT2D eigenvalue weighted by Crippen LogP contribution is -2.13. The number of ketones is 1. The third-order valence-electron chi connectivity index (χ3n) is 5.07. The fourth-order valence-electron chi connectivity index (χ4n) is 3.47. The zero-order valence-corrected chi connectivity index (χ0v) is 16.1. The van der Waals surface area contributed by atoms with Crippen molar-refractivity contribution in [3.8, 4) is 0 Å². The van der Waals surface area contributed by atoms with E-state index in [2.05, 4.69) is 9.97 Å². The Hall–Kier alpha value is -3.61. The average Bonchev–Trinajstić information content (AvgIpc) is 2.77. The minimum atomic E-state index is -4.49. The van der Waals surface area contributed by atoms with Crippen LogP contribution in [-0.4, -0.2) is 15.8 Å². The zero-order chi connectivity index (χ0) is 22.0. The van der Waals surface area contributed by atoms with Crippen LogP contribution in [0.3, 0.4) is 0 Å². The number of halogens is 4. The van der Waals surface area contributed by atoms with Crippen molar-refractivity contribution in [1.29, 1.82) is 0 Å². The highest BCUT2D eigenvalue weighted by atomic mass is 19.4. The monoisotopic (exact) mass is 424 g/mol. The molecule has 1 atom stereocenters. The van der Waals surface area contributed by atoms with Gasteiger partial charge in [-0.05, 0) is 42.0 Å². The third kappa shape index (κ3) is 4.45. The van der Waals surface area contributed by atoms with Crippen LogP contribution in [0.25, 0.3) is 10.9 Å². The predicted octanol–water partition coefficient (Wildman–Crippen LogP) is 6.19. The number of alkyl halides is 3. The molecule has 0 spiro atoms. The largest absolute Gasteiger partial charge is 0.416 e. The Morgan fingerprint density at radius 1 is 0.903 bits per heavy atom. The number of carbonyl (C=O) groups excluding carboxylic acids is 1. The van der Waals surface area contributed by atoms with Crippen molar-refractivity contribution >= 4 is 16.7 Å². The van der Waals surface area contributed by atoms with E-state index >= 15 is 0 Å². The molecule has 2 aromatic carbocycles. The average molecular weight is 424 g/mol. The minimum absolute atomic E-state index is 0.00882. The van der Waals surface area contributed by atoms with E-state index in [-0.39, 0.29) is 17.9 Å². The van der Waals surface area contributed by atoms with Crippen molar-refractivity contribution in [1.82, 2.24) is 9.97 Å². The van der Waals surface area contributed by atoms with Gasteiger partial charge in [-0.1, -0.05) is 30.3 Å². The van der Waals surface area contributed by atoms with Crippen LogP contribution in [0.2, 0.25) is 0 Å². The van der Waals surface area contributed by atoms with Gasteiger partial charge in [-0.3, -0.25) is 14.8 Å². The van der Waals surface area contributed by atoms with Crippen molar-refractivity contribution < 1.29 is 22.4 Å². The van der Waals surface area contributed by atoms with Gasteiger partial charge < -0.3 is 0 Å². The summed E-state index contributed by atoms with van der Waals surface area (Å²) in [5.74, 6) is -1.75. The Morgan fingerprint density at radius 3 is 2.32 bits per heavy atom. The number of carbonyl (C=O) groups is 1. The molecule has 0 fully saturated rings. The standard InChI is InChI=1S/C24H16F4N2O/c25-20-4-2-12-30-23(20)19(15-7-9-18(10-8-15)24(26,27)28)14-22(31)17-6-5-16-3-1-11-29-21(16)13-17/h1-13,19H,14H2. The molecule has 4 aromatic rings. The second-order valence-corrected chi connectivity index (χ2v) is 7.08. The lowest BCUT2D eigenvalue weighted by molar-refractivity contribution is -0.137. The lowest BCUT2D eigenvalue weighted by Gasteiger charge is -2.18. The highest BCUT2D eigenvalue weighted by Gasteiger charge is 2.31. The molecule has 7 heteroatoms. The molecule has 156 valence electrons. The van der Waals surface area contributed by atoms with Crippen LogP contribution in [0.15, 0.2) is 79.1 Å². The van der Waals surface area contributed by atoms with Crippen LogP contribution in [0.1, 0.15) is 39.5 Å². The number of aromatic nitrogens is 2. The van der Waals surface area contributed by atoms with Gasteiger partial charge in [-0.25, -0.2) is 4.39 Å². The predicted molar refractivity (Wildman–Crippen MR) is 108 cm³/mol. The number of fused-ring (bicyclic) bond motifs is 1. The minimum Gasteiger partial charge on any atom is -0.294 e. The second-order valence-electron chi connectivity index (χ2n) is 7.08. The smallest absolute Gasteiger partial charge is 0.294 e. The number of pyridine rings is 2. The van der Waals surface area contributed by atoms with E-state index in [1.165, 1.54) is 30.5 Å². The molecule has 0 aliphatic carbocycles. The first kappa shape index (κ1) is 20.7. The van der Waals surface area contributed by atoms with Gasteiger partial charge in [0.15, 0.2) is 5.78 Å². The molecule has 1 unspecified atom stereocenters. The number of Topliss-reactive ketones (excluding diaryl/α,β-unsaturated/α-hetero) is 1. The number of benzene rings is 2. The van der Waals surface area contributed by atoms with Crippen molar-refractivity contribution in [3.05, 3.63) is 107 Å². The van der Waals surface area contributed by atoms with E-state index in [1.807, 2.05) is 6.07 Å². The maximum atomic E-state index is 14.5. The van der Waals surface area contributed by atoms with Crippen LogP contribution in [0.5, 0.6) is 0 Å². The second kappa shape index (κ2) is 8.26. The molecule has 0 aliphatic heterocycles. The van der Waals surface area contributed by atoms with E-state index in [4.69, 9.17) is 0 Å². The maximum Gasteiger partial charge on any atom is 0.416 e. The highest BCUT2D eigenvalue weighted by molar-refractivity contribution is 5.99. The van der Waals surface area contributed by atoms with Crippen molar-refractivity contribution in [2.75, 3.05) is 0 Å². The number of nitrogens with zero attached hydrogens (tertiary/aromatic N) is 2. The first-order valence-electron chi connectivity index (χ1n) is 9.48. The normalized spacial score (nSPS) is 12.6. The van der Waals surface area contributed by atoms with Gasteiger partial charge in [-0.15, -0.1) is 0 Å². The molecule has 0 amide bonds. The van der Waals surface area contributed by atoms with Crippen LogP contribution in [-0.2, 0) is 6.18 Å². The lowest BCUT2D eigenvalue weighted by atomic mass is 9.87. The van der Waals surface area contributed by atoms with E-state index in [9.17, 15) is 22.4 Å². The molecule has 2 heterocycles. The number of hydrogen-bond donors (Lipinski definition) is 0. The van der Waals surface area contributed by atoms with E-state index < -0.39 is 23.5 Å². The molecule has 0 saturated heterocycles. The molecule has 0 bridgehead atoms. The van der Waals surface area contributed by atoms with E-state index in [0.29, 0.717) is 16.6 Å². The van der Waals surface area contributed by atoms with E-state index in [1.54, 1.807) is 30.5 Å². The summed E-state index contributed by atoms with van der Waals surface area (Å²) in [6.45, 7) is 0.